The fourth-order valence-corrected chi connectivity index (χ4v) is 1.73. The molecular formula is C12H13N3O2. The van der Waals surface area contributed by atoms with Crippen molar-refractivity contribution in [2.45, 2.75) is 6.92 Å². The number of nitrogen functional groups attached to an aromatic ring is 1. The minimum Gasteiger partial charge on any atom is -0.464 e. The molecule has 0 saturated heterocycles. The summed E-state index contributed by atoms with van der Waals surface area (Å²) in [7, 11) is 1.32. The molecule has 0 bridgehead atoms. The first-order valence-electron chi connectivity index (χ1n) is 5.13. The van der Waals surface area contributed by atoms with Crippen LogP contribution in [-0.2, 0) is 4.74 Å². The van der Waals surface area contributed by atoms with Crippen LogP contribution in [0.15, 0.2) is 24.3 Å². The second-order valence-corrected chi connectivity index (χ2v) is 3.67. The zero-order valence-corrected chi connectivity index (χ0v) is 9.65. The third kappa shape index (κ3) is 1.87. The summed E-state index contributed by atoms with van der Waals surface area (Å²) < 4.78 is 4.69. The van der Waals surface area contributed by atoms with E-state index in [0.717, 1.165) is 11.1 Å². The van der Waals surface area contributed by atoms with Gasteiger partial charge in [0.05, 0.1) is 12.7 Å². The van der Waals surface area contributed by atoms with E-state index in [2.05, 4.69) is 14.9 Å². The van der Waals surface area contributed by atoms with Crippen LogP contribution in [0.4, 0.5) is 5.82 Å². The van der Waals surface area contributed by atoms with E-state index < -0.39 is 5.97 Å². The number of esters is 1. The Labute approximate surface area is 98.6 Å². The van der Waals surface area contributed by atoms with Crippen LogP contribution in [0.5, 0.6) is 0 Å². The third-order valence-electron chi connectivity index (χ3n) is 2.60. The predicted octanol–water partition coefficient (Wildman–Crippen LogP) is 1.75. The van der Waals surface area contributed by atoms with Gasteiger partial charge in [0.25, 0.3) is 0 Å². The van der Waals surface area contributed by atoms with Crippen molar-refractivity contribution in [3.63, 3.8) is 0 Å². The Balaban J connectivity index is 2.63. The molecule has 5 heteroatoms. The van der Waals surface area contributed by atoms with E-state index in [1.54, 1.807) is 0 Å². The van der Waals surface area contributed by atoms with Crippen LogP contribution in [0.1, 0.15) is 16.1 Å². The number of hydrogen-bond acceptors (Lipinski definition) is 4. The first-order valence-corrected chi connectivity index (χ1v) is 5.13. The normalized spacial score (nSPS) is 10.2. The Hall–Kier alpha value is -2.30. The Morgan fingerprint density at radius 3 is 2.76 bits per heavy atom. The van der Waals surface area contributed by atoms with Gasteiger partial charge in [0.2, 0.25) is 0 Å². The molecule has 1 heterocycles. The number of nitrogens with one attached hydrogen (secondary N) is 1. The molecule has 17 heavy (non-hydrogen) atoms. The summed E-state index contributed by atoms with van der Waals surface area (Å²) >= 11 is 0. The van der Waals surface area contributed by atoms with Gasteiger partial charge < -0.3 is 10.5 Å². The van der Waals surface area contributed by atoms with Crippen molar-refractivity contribution in [1.82, 2.24) is 10.2 Å². The fourth-order valence-electron chi connectivity index (χ4n) is 1.73. The topological polar surface area (TPSA) is 81.0 Å². The number of methoxy groups -OCH3 is 1. The van der Waals surface area contributed by atoms with Gasteiger partial charge >= 0.3 is 5.97 Å². The predicted molar refractivity (Wildman–Crippen MR) is 64.5 cm³/mol. The first kappa shape index (κ1) is 11.2. The van der Waals surface area contributed by atoms with Crippen LogP contribution in [0.3, 0.4) is 0 Å². The summed E-state index contributed by atoms with van der Waals surface area (Å²) in [6.07, 6.45) is 0. The highest BCUT2D eigenvalue weighted by Crippen LogP contribution is 2.30. The number of anilines is 1. The molecule has 0 unspecified atom stereocenters. The average molecular weight is 231 g/mol. The van der Waals surface area contributed by atoms with Crippen molar-refractivity contribution in [2.75, 3.05) is 12.8 Å². The first-order chi connectivity index (χ1) is 8.15. The molecular weight excluding hydrogens is 218 g/mol. The molecule has 0 aliphatic heterocycles. The zero-order valence-electron chi connectivity index (χ0n) is 9.65. The summed E-state index contributed by atoms with van der Waals surface area (Å²) in [5.74, 6) is -0.188. The quantitative estimate of drug-likeness (QED) is 0.771. The molecule has 0 saturated carbocycles. The van der Waals surface area contributed by atoms with Gasteiger partial charge in [0.1, 0.15) is 0 Å². The number of carbonyl (C=O) groups is 1. The summed E-state index contributed by atoms with van der Waals surface area (Å²) in [5.41, 5.74) is 8.55. The molecule has 0 amide bonds. The van der Waals surface area contributed by atoms with Crippen LogP contribution in [-0.4, -0.2) is 23.3 Å². The minimum absolute atomic E-state index is 0.277. The van der Waals surface area contributed by atoms with Crippen molar-refractivity contribution < 1.29 is 9.53 Å². The Morgan fingerprint density at radius 1 is 1.41 bits per heavy atom. The molecule has 1 aromatic carbocycles. The van der Waals surface area contributed by atoms with Crippen molar-refractivity contribution >= 4 is 11.8 Å². The molecule has 0 aliphatic rings. The van der Waals surface area contributed by atoms with E-state index in [-0.39, 0.29) is 5.69 Å². The molecule has 0 radical (unpaired) electrons. The van der Waals surface area contributed by atoms with Crippen molar-refractivity contribution in [1.29, 1.82) is 0 Å². The van der Waals surface area contributed by atoms with Gasteiger partial charge in [-0.2, -0.15) is 5.10 Å². The SMILES string of the molecule is COC(=O)c1[nH]nc(N)c1-c1ccccc1C. The number of aromatic nitrogens is 2. The Kier molecular flexibility index (Phi) is 2.82. The number of carbonyl (C=O) groups excluding carboxylic acids is 1. The van der Waals surface area contributed by atoms with Gasteiger partial charge in [-0.3, -0.25) is 5.10 Å². The van der Waals surface area contributed by atoms with Crippen molar-refractivity contribution in [2.24, 2.45) is 0 Å². The summed E-state index contributed by atoms with van der Waals surface area (Å²) in [4.78, 5) is 11.6. The highest BCUT2D eigenvalue weighted by molar-refractivity contribution is 5.98. The van der Waals surface area contributed by atoms with Crippen molar-refractivity contribution in [3.05, 3.63) is 35.5 Å². The van der Waals surface area contributed by atoms with E-state index in [0.29, 0.717) is 11.4 Å². The molecule has 0 spiro atoms. The molecule has 0 fully saturated rings. The van der Waals surface area contributed by atoms with Gasteiger partial charge in [-0.25, -0.2) is 4.79 Å². The lowest BCUT2D eigenvalue weighted by Crippen LogP contribution is -2.04. The smallest absolute Gasteiger partial charge is 0.356 e. The maximum Gasteiger partial charge on any atom is 0.356 e. The molecule has 3 N–H and O–H groups in total. The van der Waals surface area contributed by atoms with Crippen LogP contribution in [0.25, 0.3) is 11.1 Å². The number of benzene rings is 1. The summed E-state index contributed by atoms with van der Waals surface area (Å²) in [6, 6.07) is 7.65. The van der Waals surface area contributed by atoms with Gasteiger partial charge in [0, 0.05) is 0 Å². The number of ether oxygens (including phenoxy) is 1. The van der Waals surface area contributed by atoms with Crippen LogP contribution < -0.4 is 5.73 Å². The second kappa shape index (κ2) is 4.29. The molecule has 5 nitrogen and oxygen atoms in total. The monoisotopic (exact) mass is 231 g/mol. The van der Waals surface area contributed by atoms with Crippen LogP contribution >= 0.6 is 0 Å². The van der Waals surface area contributed by atoms with E-state index in [1.165, 1.54) is 7.11 Å². The highest BCUT2D eigenvalue weighted by Gasteiger charge is 2.20. The van der Waals surface area contributed by atoms with E-state index in [4.69, 9.17) is 5.73 Å². The Morgan fingerprint density at radius 2 is 2.12 bits per heavy atom. The minimum atomic E-state index is -0.479. The number of nitrogens with zero attached hydrogens (tertiary/aromatic N) is 1. The second-order valence-electron chi connectivity index (χ2n) is 3.67. The van der Waals surface area contributed by atoms with Gasteiger partial charge in [-0.15, -0.1) is 0 Å². The van der Waals surface area contributed by atoms with Gasteiger partial charge in [-0.05, 0) is 18.1 Å². The maximum absolute atomic E-state index is 11.6. The van der Waals surface area contributed by atoms with Crippen molar-refractivity contribution in [3.8, 4) is 11.1 Å². The lowest BCUT2D eigenvalue weighted by molar-refractivity contribution is 0.0595. The third-order valence-corrected chi connectivity index (χ3v) is 2.60. The zero-order chi connectivity index (χ0) is 12.4. The Bertz CT molecular complexity index is 561. The maximum atomic E-state index is 11.6. The lowest BCUT2D eigenvalue weighted by Gasteiger charge is -2.06. The molecule has 2 aromatic rings. The molecule has 0 aliphatic carbocycles. The molecule has 88 valence electrons. The average Bonchev–Trinajstić information content (AvgIpc) is 2.71. The summed E-state index contributed by atoms with van der Waals surface area (Å²) in [5, 5.41) is 6.46. The highest BCUT2D eigenvalue weighted by atomic mass is 16.5. The van der Waals surface area contributed by atoms with E-state index >= 15 is 0 Å². The fraction of sp³-hybridized carbons (Fsp3) is 0.167. The van der Waals surface area contributed by atoms with E-state index in [1.807, 2.05) is 31.2 Å². The largest absolute Gasteiger partial charge is 0.464 e. The van der Waals surface area contributed by atoms with Gasteiger partial charge in [-0.1, -0.05) is 24.3 Å². The van der Waals surface area contributed by atoms with Crippen LogP contribution in [0, 0.1) is 6.92 Å². The number of aromatic amines is 1. The number of H-pyrrole nitrogens is 1. The number of hydrogen-bond donors (Lipinski definition) is 2. The number of aryl methyl sites for hydroxylation is 1. The van der Waals surface area contributed by atoms with Gasteiger partial charge in [0.15, 0.2) is 11.5 Å². The number of rotatable bonds is 2. The van der Waals surface area contributed by atoms with Crippen LogP contribution in [0.2, 0.25) is 0 Å². The summed E-state index contributed by atoms with van der Waals surface area (Å²) in [6.45, 7) is 1.95. The number of nitrogens with two attached hydrogens (primary N) is 1. The molecule has 1 aromatic heterocycles. The van der Waals surface area contributed by atoms with E-state index in [9.17, 15) is 4.79 Å². The molecule has 2 rings (SSSR count). The standard InChI is InChI=1S/C12H13N3O2/c1-7-5-3-4-6-8(7)9-10(12(16)17-2)14-15-11(9)13/h3-6H,1-2H3,(H3,13,14,15). The molecule has 0 atom stereocenters. The lowest BCUT2D eigenvalue weighted by atomic mass is 10.0.